The molecule has 3 aromatic rings. The van der Waals surface area contributed by atoms with Gasteiger partial charge in [0.15, 0.2) is 5.60 Å². The molecule has 2 heteroatoms. The Hall–Kier alpha value is -2.87. The molecule has 0 spiro atoms. The molecule has 0 saturated heterocycles. The normalized spacial score (nSPS) is 15.4. The molecule has 0 unspecified atom stereocenters. The van der Waals surface area contributed by atoms with Crippen LogP contribution in [0.1, 0.15) is 33.4 Å². The lowest BCUT2D eigenvalue weighted by Gasteiger charge is -2.30. The topological polar surface area (TPSA) is 21.6 Å². The Bertz CT molecular complexity index is 941. The number of rotatable bonds is 3. The summed E-state index contributed by atoms with van der Waals surface area (Å²) < 4.78 is 6.65. The third-order valence-electron chi connectivity index (χ3n) is 5.06. The van der Waals surface area contributed by atoms with Gasteiger partial charge in [-0.15, -0.1) is 0 Å². The molecule has 1 heterocycles. The van der Waals surface area contributed by atoms with E-state index >= 15 is 0 Å². The lowest BCUT2D eigenvalue weighted by molar-refractivity contribution is 0.132. The van der Waals surface area contributed by atoms with Crippen molar-refractivity contribution in [1.82, 2.24) is 0 Å². The Kier molecular flexibility index (Phi) is 4.12. The van der Waals surface area contributed by atoms with Crippen molar-refractivity contribution in [2.45, 2.75) is 26.4 Å². The molecule has 0 atom stereocenters. The average Bonchev–Trinajstić information content (AvgIpc) is 3.09. The molecule has 0 radical (unpaired) electrons. The van der Waals surface area contributed by atoms with Crippen LogP contribution in [0.3, 0.4) is 0 Å². The molecule has 0 aromatic heterocycles. The van der Waals surface area contributed by atoms with E-state index in [0.717, 1.165) is 22.6 Å². The van der Waals surface area contributed by atoms with Crippen LogP contribution in [0.4, 0.5) is 0 Å². The molecular weight excluding hydrogens is 318 g/mol. The van der Waals surface area contributed by atoms with E-state index in [1.807, 2.05) is 12.1 Å². The Morgan fingerprint density at radius 3 is 1.96 bits per heavy atom. The first kappa shape index (κ1) is 16.6. The van der Waals surface area contributed by atoms with Gasteiger partial charge in [-0.25, -0.2) is 4.99 Å². The van der Waals surface area contributed by atoms with Crippen molar-refractivity contribution in [1.29, 1.82) is 0 Å². The van der Waals surface area contributed by atoms with Crippen LogP contribution in [0, 0.1) is 20.8 Å². The summed E-state index contributed by atoms with van der Waals surface area (Å²) in [7, 11) is 0. The van der Waals surface area contributed by atoms with Crippen molar-refractivity contribution in [3.63, 3.8) is 0 Å². The molecule has 26 heavy (non-hydrogen) atoms. The van der Waals surface area contributed by atoms with Crippen LogP contribution in [0.25, 0.3) is 0 Å². The van der Waals surface area contributed by atoms with Gasteiger partial charge in [0.05, 0.1) is 6.54 Å². The summed E-state index contributed by atoms with van der Waals surface area (Å²) in [6.07, 6.45) is 0. The van der Waals surface area contributed by atoms with Gasteiger partial charge < -0.3 is 4.74 Å². The summed E-state index contributed by atoms with van der Waals surface area (Å²) in [5.41, 5.74) is 6.41. The van der Waals surface area contributed by atoms with Crippen LogP contribution in [-0.4, -0.2) is 12.4 Å². The lowest BCUT2D eigenvalue weighted by atomic mass is 9.85. The van der Waals surface area contributed by atoms with Crippen molar-refractivity contribution in [3.05, 3.63) is 106 Å². The largest absolute Gasteiger partial charge is 0.459 e. The lowest BCUT2D eigenvalue weighted by Crippen LogP contribution is -2.32. The molecule has 3 aromatic carbocycles. The first-order valence-corrected chi connectivity index (χ1v) is 9.02. The summed E-state index contributed by atoms with van der Waals surface area (Å²) in [6, 6.07) is 25.4. The molecule has 1 aliphatic heterocycles. The maximum atomic E-state index is 6.65. The van der Waals surface area contributed by atoms with Crippen molar-refractivity contribution in [2.24, 2.45) is 4.99 Å². The quantitative estimate of drug-likeness (QED) is 0.631. The summed E-state index contributed by atoms with van der Waals surface area (Å²) in [5.74, 6) is 0.728. The minimum atomic E-state index is -0.574. The van der Waals surface area contributed by atoms with Gasteiger partial charge in [-0.05, 0) is 32.4 Å². The molecule has 130 valence electrons. The average molecular weight is 341 g/mol. The zero-order valence-corrected chi connectivity index (χ0v) is 15.5. The number of hydrogen-bond donors (Lipinski definition) is 0. The molecular formula is C24H23NO. The summed E-state index contributed by atoms with van der Waals surface area (Å²) in [6.45, 7) is 6.92. The first-order valence-electron chi connectivity index (χ1n) is 9.02. The number of benzene rings is 3. The number of aliphatic imine (C=N–C) groups is 1. The number of aryl methyl sites for hydroxylation is 3. The number of hydrogen-bond acceptors (Lipinski definition) is 2. The SMILES string of the molecule is Cc1cccc(C2(c3cccc(C)c3)CN=C(c3ccccc3C)O2)c1. The van der Waals surface area contributed by atoms with E-state index < -0.39 is 5.60 Å². The highest BCUT2D eigenvalue weighted by Crippen LogP contribution is 2.39. The second-order valence-electron chi connectivity index (χ2n) is 7.10. The molecule has 0 saturated carbocycles. The monoisotopic (exact) mass is 341 g/mol. The third kappa shape index (κ3) is 2.82. The van der Waals surface area contributed by atoms with Crippen molar-refractivity contribution < 1.29 is 4.74 Å². The van der Waals surface area contributed by atoms with Crippen LogP contribution >= 0.6 is 0 Å². The van der Waals surface area contributed by atoms with Crippen LogP contribution in [0.5, 0.6) is 0 Å². The van der Waals surface area contributed by atoms with Crippen molar-refractivity contribution in [2.75, 3.05) is 6.54 Å². The van der Waals surface area contributed by atoms with E-state index in [4.69, 9.17) is 9.73 Å². The van der Waals surface area contributed by atoms with Gasteiger partial charge >= 0.3 is 0 Å². The van der Waals surface area contributed by atoms with E-state index in [2.05, 4.69) is 81.4 Å². The number of nitrogens with zero attached hydrogens (tertiary/aromatic N) is 1. The molecule has 0 N–H and O–H groups in total. The van der Waals surface area contributed by atoms with Crippen LogP contribution in [0.15, 0.2) is 77.8 Å². The first-order chi connectivity index (χ1) is 12.6. The van der Waals surface area contributed by atoms with E-state index in [0.29, 0.717) is 6.54 Å². The second kappa shape index (κ2) is 6.45. The van der Waals surface area contributed by atoms with Crippen LogP contribution in [-0.2, 0) is 10.3 Å². The van der Waals surface area contributed by atoms with E-state index in [1.165, 1.54) is 16.7 Å². The maximum absolute atomic E-state index is 6.65. The van der Waals surface area contributed by atoms with Gasteiger partial charge in [0.25, 0.3) is 0 Å². The van der Waals surface area contributed by atoms with Gasteiger partial charge in [-0.3, -0.25) is 0 Å². The Balaban J connectivity index is 1.83. The molecule has 0 amide bonds. The Labute approximate surface area is 155 Å². The highest BCUT2D eigenvalue weighted by Gasteiger charge is 2.42. The Morgan fingerprint density at radius 1 is 0.769 bits per heavy atom. The summed E-state index contributed by atoms with van der Waals surface area (Å²) >= 11 is 0. The standard InChI is InChI=1S/C24H23NO/c1-17-8-6-11-20(14-17)24(21-12-7-9-18(2)15-21)16-25-23(26-24)22-13-5-4-10-19(22)3/h4-15H,16H2,1-3H3. The van der Waals surface area contributed by atoms with Crippen molar-refractivity contribution >= 4 is 5.90 Å². The van der Waals surface area contributed by atoms with Gasteiger partial charge in [-0.2, -0.15) is 0 Å². The molecule has 0 bridgehead atoms. The maximum Gasteiger partial charge on any atom is 0.217 e. The van der Waals surface area contributed by atoms with Gasteiger partial charge in [0.2, 0.25) is 5.90 Å². The highest BCUT2D eigenvalue weighted by atomic mass is 16.5. The smallest absolute Gasteiger partial charge is 0.217 e. The predicted octanol–water partition coefficient (Wildman–Crippen LogP) is 5.33. The molecule has 0 aliphatic carbocycles. The van der Waals surface area contributed by atoms with Crippen LogP contribution < -0.4 is 0 Å². The zero-order valence-electron chi connectivity index (χ0n) is 15.5. The molecule has 1 aliphatic rings. The second-order valence-corrected chi connectivity index (χ2v) is 7.10. The minimum absolute atomic E-state index is 0.574. The Morgan fingerprint density at radius 2 is 1.38 bits per heavy atom. The van der Waals surface area contributed by atoms with Gasteiger partial charge in [-0.1, -0.05) is 77.9 Å². The highest BCUT2D eigenvalue weighted by molar-refractivity contribution is 5.97. The molecule has 4 rings (SSSR count). The number of ether oxygens (including phenoxy) is 1. The fourth-order valence-electron chi connectivity index (χ4n) is 3.63. The molecule has 0 fully saturated rings. The van der Waals surface area contributed by atoms with Crippen molar-refractivity contribution in [3.8, 4) is 0 Å². The van der Waals surface area contributed by atoms with Gasteiger partial charge in [0.1, 0.15) is 0 Å². The third-order valence-corrected chi connectivity index (χ3v) is 5.06. The fraction of sp³-hybridized carbons (Fsp3) is 0.208. The summed E-state index contributed by atoms with van der Waals surface area (Å²) in [4.78, 5) is 4.83. The van der Waals surface area contributed by atoms with E-state index in [-0.39, 0.29) is 0 Å². The fourth-order valence-corrected chi connectivity index (χ4v) is 3.63. The minimum Gasteiger partial charge on any atom is -0.459 e. The summed E-state index contributed by atoms with van der Waals surface area (Å²) in [5, 5.41) is 0. The van der Waals surface area contributed by atoms with E-state index in [1.54, 1.807) is 0 Å². The van der Waals surface area contributed by atoms with Crippen LogP contribution in [0.2, 0.25) is 0 Å². The van der Waals surface area contributed by atoms with E-state index in [9.17, 15) is 0 Å². The van der Waals surface area contributed by atoms with Gasteiger partial charge in [0, 0.05) is 16.7 Å². The predicted molar refractivity (Wildman–Crippen MR) is 107 cm³/mol. The molecule has 2 nitrogen and oxygen atoms in total. The zero-order chi connectivity index (χ0) is 18.1.